The highest BCUT2D eigenvalue weighted by molar-refractivity contribution is 5.90. The summed E-state index contributed by atoms with van der Waals surface area (Å²) >= 11 is 0. The molecular formula is C21H31N3O2. The minimum Gasteiger partial charge on any atom is -0.343 e. The van der Waals surface area contributed by atoms with Crippen molar-refractivity contribution in [3.05, 3.63) is 29.8 Å². The van der Waals surface area contributed by atoms with Crippen molar-refractivity contribution in [3.8, 4) is 0 Å². The molecule has 0 radical (unpaired) electrons. The van der Waals surface area contributed by atoms with Crippen LogP contribution in [0.25, 0.3) is 0 Å². The fraction of sp³-hybridized carbons (Fsp3) is 0.619. The van der Waals surface area contributed by atoms with Crippen LogP contribution in [0.2, 0.25) is 0 Å². The van der Waals surface area contributed by atoms with Crippen LogP contribution in [0, 0.1) is 0 Å². The molecule has 5 nitrogen and oxygen atoms in total. The van der Waals surface area contributed by atoms with Crippen LogP contribution in [0.4, 0.5) is 10.5 Å². The van der Waals surface area contributed by atoms with E-state index in [1.54, 1.807) is 0 Å². The molecule has 1 N–H and O–H groups in total. The predicted molar refractivity (Wildman–Crippen MR) is 104 cm³/mol. The second kappa shape index (κ2) is 8.56. The van der Waals surface area contributed by atoms with Gasteiger partial charge in [-0.05, 0) is 49.7 Å². The van der Waals surface area contributed by atoms with Gasteiger partial charge in [0.1, 0.15) is 0 Å². The summed E-state index contributed by atoms with van der Waals surface area (Å²) < 4.78 is 0. The number of nitrogens with one attached hydrogen (secondary N) is 1. The van der Waals surface area contributed by atoms with E-state index >= 15 is 0 Å². The number of hydrogen-bond acceptors (Lipinski definition) is 2. The number of amides is 3. The van der Waals surface area contributed by atoms with Crippen LogP contribution in [0.1, 0.15) is 63.9 Å². The molecule has 0 saturated carbocycles. The van der Waals surface area contributed by atoms with E-state index in [1.165, 1.54) is 0 Å². The molecule has 0 bridgehead atoms. The third-order valence-corrected chi connectivity index (χ3v) is 5.62. The van der Waals surface area contributed by atoms with Crippen molar-refractivity contribution in [2.45, 2.75) is 64.3 Å². The molecule has 1 aromatic carbocycles. The monoisotopic (exact) mass is 357 g/mol. The summed E-state index contributed by atoms with van der Waals surface area (Å²) in [7, 11) is 0. The number of benzene rings is 1. The van der Waals surface area contributed by atoms with E-state index in [9.17, 15) is 9.59 Å². The van der Waals surface area contributed by atoms with E-state index in [0.29, 0.717) is 12.3 Å². The highest BCUT2D eigenvalue weighted by atomic mass is 16.2. The molecule has 3 rings (SSSR count). The van der Waals surface area contributed by atoms with Crippen LogP contribution in [0.5, 0.6) is 0 Å². The van der Waals surface area contributed by atoms with Crippen LogP contribution in [-0.2, 0) is 4.79 Å². The van der Waals surface area contributed by atoms with E-state index in [0.717, 1.165) is 63.0 Å². The van der Waals surface area contributed by atoms with Gasteiger partial charge >= 0.3 is 6.03 Å². The Balaban J connectivity index is 1.63. The summed E-state index contributed by atoms with van der Waals surface area (Å²) in [6.45, 7) is 6.73. The maximum atomic E-state index is 12.9. The van der Waals surface area contributed by atoms with Crippen molar-refractivity contribution >= 4 is 17.6 Å². The fourth-order valence-electron chi connectivity index (χ4n) is 4.11. The summed E-state index contributed by atoms with van der Waals surface area (Å²) in [4.78, 5) is 28.7. The second-order valence-electron chi connectivity index (χ2n) is 7.79. The molecule has 2 aliphatic heterocycles. The number of nitrogens with zero attached hydrogens (tertiary/aromatic N) is 2. The minimum absolute atomic E-state index is 0.00412. The Bertz CT molecular complexity index is 644. The van der Waals surface area contributed by atoms with Gasteiger partial charge in [0.05, 0.1) is 0 Å². The zero-order valence-corrected chi connectivity index (χ0v) is 16.0. The van der Waals surface area contributed by atoms with Crippen LogP contribution >= 0.6 is 0 Å². The number of hydrogen-bond donors (Lipinski definition) is 1. The van der Waals surface area contributed by atoms with E-state index in [1.807, 2.05) is 28.0 Å². The van der Waals surface area contributed by atoms with Gasteiger partial charge < -0.3 is 15.1 Å². The summed E-state index contributed by atoms with van der Waals surface area (Å²) in [5.74, 6) is 0.632. The third kappa shape index (κ3) is 4.37. The molecular weight excluding hydrogens is 326 g/mol. The highest BCUT2D eigenvalue weighted by Gasteiger charge is 2.29. The Kier molecular flexibility index (Phi) is 6.17. The standard InChI is InChI=1S/C21H31N3O2/c1-16(2)18-9-3-4-10-19(18)22-21(26)24-14-6-5-8-17(24)12-15-23-13-7-11-20(23)25/h3-4,9-10,16-17H,5-8,11-15H2,1-2H3,(H,22,26)/t17-/m1/s1. The van der Waals surface area contributed by atoms with Gasteiger partial charge in [-0.2, -0.15) is 0 Å². The van der Waals surface area contributed by atoms with Gasteiger partial charge in [-0.1, -0.05) is 32.0 Å². The highest BCUT2D eigenvalue weighted by Crippen LogP contribution is 2.26. The van der Waals surface area contributed by atoms with Gasteiger partial charge in [0.2, 0.25) is 5.91 Å². The van der Waals surface area contributed by atoms with E-state index in [-0.39, 0.29) is 18.0 Å². The number of likely N-dealkylation sites (tertiary alicyclic amines) is 2. The normalized spacial score (nSPS) is 20.7. The molecule has 0 aliphatic carbocycles. The van der Waals surface area contributed by atoms with Gasteiger partial charge in [0.25, 0.3) is 0 Å². The summed E-state index contributed by atoms with van der Waals surface area (Å²) in [6, 6.07) is 8.26. The predicted octanol–water partition coefficient (Wildman–Crippen LogP) is 4.21. The minimum atomic E-state index is -0.00412. The first kappa shape index (κ1) is 18.7. The summed E-state index contributed by atoms with van der Waals surface area (Å²) in [5, 5.41) is 3.13. The molecule has 2 fully saturated rings. The van der Waals surface area contributed by atoms with Crippen molar-refractivity contribution in [1.82, 2.24) is 9.80 Å². The Morgan fingerprint density at radius 3 is 2.73 bits per heavy atom. The topological polar surface area (TPSA) is 52.7 Å². The van der Waals surface area contributed by atoms with Crippen LogP contribution in [0.3, 0.4) is 0 Å². The quantitative estimate of drug-likeness (QED) is 0.858. The number of rotatable bonds is 5. The van der Waals surface area contributed by atoms with Gasteiger partial charge in [-0.15, -0.1) is 0 Å². The zero-order valence-electron chi connectivity index (χ0n) is 16.0. The first-order valence-electron chi connectivity index (χ1n) is 10.0. The molecule has 0 unspecified atom stereocenters. The average Bonchev–Trinajstić information content (AvgIpc) is 3.05. The molecule has 2 saturated heterocycles. The molecule has 2 heterocycles. The van der Waals surface area contributed by atoms with Gasteiger partial charge in [-0.3, -0.25) is 4.79 Å². The molecule has 0 spiro atoms. The van der Waals surface area contributed by atoms with Crippen LogP contribution < -0.4 is 5.32 Å². The van der Waals surface area contributed by atoms with E-state index in [4.69, 9.17) is 0 Å². The van der Waals surface area contributed by atoms with Gasteiger partial charge in [-0.25, -0.2) is 4.79 Å². The smallest absolute Gasteiger partial charge is 0.322 e. The molecule has 26 heavy (non-hydrogen) atoms. The molecule has 3 amide bonds. The number of urea groups is 1. The molecule has 1 atom stereocenters. The van der Waals surface area contributed by atoms with E-state index in [2.05, 4.69) is 25.2 Å². The number of carbonyl (C=O) groups is 2. The maximum Gasteiger partial charge on any atom is 0.322 e. The lowest BCUT2D eigenvalue weighted by atomic mass is 9.99. The number of para-hydroxylation sites is 1. The zero-order chi connectivity index (χ0) is 18.5. The van der Waals surface area contributed by atoms with Crippen molar-refractivity contribution in [3.63, 3.8) is 0 Å². The maximum absolute atomic E-state index is 12.9. The van der Waals surface area contributed by atoms with Crippen molar-refractivity contribution in [2.24, 2.45) is 0 Å². The Hall–Kier alpha value is -2.04. The van der Waals surface area contributed by atoms with Crippen molar-refractivity contribution in [1.29, 1.82) is 0 Å². The largest absolute Gasteiger partial charge is 0.343 e. The number of piperidine rings is 1. The lowest BCUT2D eigenvalue weighted by molar-refractivity contribution is -0.127. The molecule has 2 aliphatic rings. The second-order valence-corrected chi connectivity index (χ2v) is 7.79. The lowest BCUT2D eigenvalue weighted by Crippen LogP contribution is -2.47. The third-order valence-electron chi connectivity index (χ3n) is 5.62. The summed E-state index contributed by atoms with van der Waals surface area (Å²) in [5.41, 5.74) is 2.07. The SMILES string of the molecule is CC(C)c1ccccc1NC(=O)N1CCCC[C@@H]1CCN1CCCC1=O. The fourth-order valence-corrected chi connectivity index (χ4v) is 4.11. The first-order valence-corrected chi connectivity index (χ1v) is 10.0. The lowest BCUT2D eigenvalue weighted by Gasteiger charge is -2.36. The number of anilines is 1. The van der Waals surface area contributed by atoms with Gasteiger partial charge in [0.15, 0.2) is 0 Å². The average molecular weight is 357 g/mol. The molecule has 5 heteroatoms. The Morgan fingerprint density at radius 1 is 1.19 bits per heavy atom. The molecule has 1 aromatic rings. The van der Waals surface area contributed by atoms with Crippen molar-refractivity contribution < 1.29 is 9.59 Å². The Morgan fingerprint density at radius 2 is 2.00 bits per heavy atom. The molecule has 0 aromatic heterocycles. The molecule has 142 valence electrons. The Labute approximate surface area is 156 Å². The summed E-state index contributed by atoms with van der Waals surface area (Å²) in [6.07, 6.45) is 5.77. The van der Waals surface area contributed by atoms with Gasteiger partial charge in [0, 0.05) is 37.8 Å². The van der Waals surface area contributed by atoms with Crippen LogP contribution in [-0.4, -0.2) is 47.4 Å². The van der Waals surface area contributed by atoms with Crippen LogP contribution in [0.15, 0.2) is 24.3 Å². The van der Waals surface area contributed by atoms with E-state index < -0.39 is 0 Å². The van der Waals surface area contributed by atoms with Crippen molar-refractivity contribution in [2.75, 3.05) is 25.0 Å². The number of carbonyl (C=O) groups excluding carboxylic acids is 2. The first-order chi connectivity index (χ1) is 12.6.